The first-order valence-corrected chi connectivity index (χ1v) is 8.61. The summed E-state index contributed by atoms with van der Waals surface area (Å²) in [4.78, 5) is 30.3. The van der Waals surface area contributed by atoms with Gasteiger partial charge in [0, 0.05) is 50.0 Å². The molecule has 2 aliphatic heterocycles. The first-order chi connectivity index (χ1) is 11.1. The second-order valence-electron chi connectivity index (χ2n) is 6.11. The SMILES string of the molecule is O=C(C(=O)N1CCN(c2cccc(Cl)c2)CC1)N1CCCCC1. The molecule has 0 N–H and O–H groups in total. The Morgan fingerprint density at radius 3 is 2.04 bits per heavy atom. The van der Waals surface area contributed by atoms with Crippen molar-refractivity contribution < 1.29 is 9.59 Å². The van der Waals surface area contributed by atoms with E-state index < -0.39 is 0 Å². The van der Waals surface area contributed by atoms with E-state index in [1.165, 1.54) is 0 Å². The van der Waals surface area contributed by atoms with Crippen molar-refractivity contribution in [2.75, 3.05) is 44.2 Å². The van der Waals surface area contributed by atoms with E-state index in [2.05, 4.69) is 4.90 Å². The molecule has 0 unspecified atom stereocenters. The van der Waals surface area contributed by atoms with E-state index in [1.807, 2.05) is 24.3 Å². The van der Waals surface area contributed by atoms with Crippen molar-refractivity contribution in [1.82, 2.24) is 9.80 Å². The molecule has 23 heavy (non-hydrogen) atoms. The molecule has 1 aromatic rings. The number of nitrogens with zero attached hydrogens (tertiary/aromatic N) is 3. The van der Waals surface area contributed by atoms with Crippen LogP contribution in [-0.2, 0) is 9.59 Å². The van der Waals surface area contributed by atoms with Gasteiger partial charge in [-0.1, -0.05) is 17.7 Å². The molecule has 3 rings (SSSR count). The van der Waals surface area contributed by atoms with E-state index in [0.717, 1.165) is 38.0 Å². The van der Waals surface area contributed by atoms with Gasteiger partial charge in [-0.2, -0.15) is 0 Å². The van der Waals surface area contributed by atoms with Crippen molar-refractivity contribution in [2.45, 2.75) is 19.3 Å². The summed E-state index contributed by atoms with van der Waals surface area (Å²) < 4.78 is 0. The third-order valence-corrected chi connectivity index (χ3v) is 4.80. The zero-order valence-electron chi connectivity index (χ0n) is 13.2. The average Bonchev–Trinajstić information content (AvgIpc) is 2.61. The molecule has 0 aliphatic carbocycles. The molecule has 2 saturated heterocycles. The summed E-state index contributed by atoms with van der Waals surface area (Å²) >= 11 is 6.03. The topological polar surface area (TPSA) is 43.9 Å². The largest absolute Gasteiger partial charge is 0.368 e. The Labute approximate surface area is 141 Å². The second kappa shape index (κ2) is 7.21. The Hall–Kier alpha value is -1.75. The smallest absolute Gasteiger partial charge is 0.312 e. The normalized spacial score (nSPS) is 18.9. The van der Waals surface area contributed by atoms with Crippen LogP contribution in [0.1, 0.15) is 19.3 Å². The summed E-state index contributed by atoms with van der Waals surface area (Å²) in [6, 6.07) is 7.72. The van der Waals surface area contributed by atoms with Crippen molar-refractivity contribution in [3.8, 4) is 0 Å². The number of rotatable bonds is 1. The van der Waals surface area contributed by atoms with Crippen LogP contribution in [0.4, 0.5) is 5.69 Å². The predicted octanol–water partition coefficient (Wildman–Crippen LogP) is 2.00. The van der Waals surface area contributed by atoms with Crippen LogP contribution in [0, 0.1) is 0 Å². The zero-order chi connectivity index (χ0) is 16.2. The average molecular weight is 336 g/mol. The molecule has 2 aliphatic rings. The molecule has 1 aromatic carbocycles. The highest BCUT2D eigenvalue weighted by molar-refractivity contribution is 6.35. The third-order valence-electron chi connectivity index (χ3n) is 4.57. The van der Waals surface area contributed by atoms with Crippen LogP contribution >= 0.6 is 11.6 Å². The summed E-state index contributed by atoms with van der Waals surface area (Å²) in [5.74, 6) is -0.682. The van der Waals surface area contributed by atoms with Crippen molar-refractivity contribution in [1.29, 1.82) is 0 Å². The lowest BCUT2D eigenvalue weighted by molar-refractivity contribution is -0.152. The van der Waals surface area contributed by atoms with E-state index in [9.17, 15) is 9.59 Å². The molecule has 0 spiro atoms. The Kier molecular flexibility index (Phi) is 5.06. The monoisotopic (exact) mass is 335 g/mol. The van der Waals surface area contributed by atoms with Gasteiger partial charge in [0.2, 0.25) is 0 Å². The molecule has 2 fully saturated rings. The summed E-state index contributed by atoms with van der Waals surface area (Å²) in [6.07, 6.45) is 3.15. The molecule has 6 heteroatoms. The van der Waals surface area contributed by atoms with E-state index in [4.69, 9.17) is 11.6 Å². The van der Waals surface area contributed by atoms with Crippen LogP contribution in [0.5, 0.6) is 0 Å². The Balaban J connectivity index is 1.55. The highest BCUT2D eigenvalue weighted by atomic mass is 35.5. The van der Waals surface area contributed by atoms with Gasteiger partial charge in [-0.3, -0.25) is 9.59 Å². The van der Waals surface area contributed by atoms with Gasteiger partial charge < -0.3 is 14.7 Å². The fourth-order valence-corrected chi connectivity index (χ4v) is 3.39. The molecule has 2 heterocycles. The number of hydrogen-bond donors (Lipinski definition) is 0. The van der Waals surface area contributed by atoms with E-state index >= 15 is 0 Å². The lowest BCUT2D eigenvalue weighted by atomic mass is 10.1. The highest BCUT2D eigenvalue weighted by Crippen LogP contribution is 2.21. The number of carbonyl (C=O) groups excluding carboxylic acids is 2. The summed E-state index contributed by atoms with van der Waals surface area (Å²) in [7, 11) is 0. The highest BCUT2D eigenvalue weighted by Gasteiger charge is 2.30. The second-order valence-corrected chi connectivity index (χ2v) is 6.55. The van der Waals surface area contributed by atoms with E-state index in [0.29, 0.717) is 31.2 Å². The van der Waals surface area contributed by atoms with Gasteiger partial charge in [0.1, 0.15) is 0 Å². The lowest BCUT2D eigenvalue weighted by Gasteiger charge is -2.37. The van der Waals surface area contributed by atoms with Gasteiger partial charge in [0.05, 0.1) is 0 Å². The maximum atomic E-state index is 12.4. The Morgan fingerprint density at radius 2 is 1.43 bits per heavy atom. The van der Waals surface area contributed by atoms with Crippen LogP contribution in [0.2, 0.25) is 5.02 Å². The summed E-state index contributed by atoms with van der Waals surface area (Å²) in [5.41, 5.74) is 1.06. The first kappa shape index (κ1) is 16.1. The van der Waals surface area contributed by atoms with Gasteiger partial charge in [-0.05, 0) is 37.5 Å². The molecular formula is C17H22ClN3O2. The number of piperazine rings is 1. The van der Waals surface area contributed by atoms with Crippen LogP contribution in [0.15, 0.2) is 24.3 Å². The quantitative estimate of drug-likeness (QED) is 0.737. The van der Waals surface area contributed by atoms with Gasteiger partial charge in [0.15, 0.2) is 0 Å². The molecule has 124 valence electrons. The number of hydrogen-bond acceptors (Lipinski definition) is 3. The van der Waals surface area contributed by atoms with Gasteiger partial charge in [-0.25, -0.2) is 0 Å². The minimum Gasteiger partial charge on any atom is -0.368 e. The fraction of sp³-hybridized carbons (Fsp3) is 0.529. The van der Waals surface area contributed by atoms with Crippen LogP contribution in [0.3, 0.4) is 0 Å². The number of likely N-dealkylation sites (tertiary alicyclic amines) is 1. The number of benzene rings is 1. The van der Waals surface area contributed by atoms with Crippen molar-refractivity contribution in [2.24, 2.45) is 0 Å². The van der Waals surface area contributed by atoms with E-state index in [1.54, 1.807) is 9.80 Å². The number of carbonyl (C=O) groups is 2. The number of piperidine rings is 1. The van der Waals surface area contributed by atoms with Crippen molar-refractivity contribution in [3.05, 3.63) is 29.3 Å². The minimum absolute atomic E-state index is 0.332. The predicted molar refractivity (Wildman–Crippen MR) is 90.7 cm³/mol. The molecule has 0 bridgehead atoms. The fourth-order valence-electron chi connectivity index (χ4n) is 3.21. The maximum absolute atomic E-state index is 12.4. The first-order valence-electron chi connectivity index (χ1n) is 8.24. The molecular weight excluding hydrogens is 314 g/mol. The molecule has 0 atom stereocenters. The number of anilines is 1. The van der Waals surface area contributed by atoms with Crippen molar-refractivity contribution in [3.63, 3.8) is 0 Å². The standard InChI is InChI=1S/C17H22ClN3O2/c18-14-5-4-6-15(13-14)19-9-11-21(12-10-19)17(23)16(22)20-7-2-1-3-8-20/h4-6,13H,1-3,7-12H2. The summed E-state index contributed by atoms with van der Waals surface area (Å²) in [5, 5.41) is 0.710. The van der Waals surface area contributed by atoms with E-state index in [-0.39, 0.29) is 11.8 Å². The molecule has 0 radical (unpaired) electrons. The van der Waals surface area contributed by atoms with Crippen molar-refractivity contribution >= 4 is 29.1 Å². The van der Waals surface area contributed by atoms with Gasteiger partial charge in [0.25, 0.3) is 0 Å². The molecule has 0 aromatic heterocycles. The third kappa shape index (κ3) is 3.78. The Morgan fingerprint density at radius 1 is 0.826 bits per heavy atom. The van der Waals surface area contributed by atoms with Gasteiger partial charge in [-0.15, -0.1) is 0 Å². The molecule has 0 saturated carbocycles. The molecule has 5 nitrogen and oxygen atoms in total. The lowest BCUT2D eigenvalue weighted by Crippen LogP contribution is -2.54. The maximum Gasteiger partial charge on any atom is 0.312 e. The number of amides is 2. The minimum atomic E-state index is -0.349. The summed E-state index contributed by atoms with van der Waals surface area (Å²) in [6.45, 7) is 4.02. The zero-order valence-corrected chi connectivity index (χ0v) is 14.0. The van der Waals surface area contributed by atoms with Crippen LogP contribution in [0.25, 0.3) is 0 Å². The Bertz CT molecular complexity index is 579. The molecule has 2 amide bonds. The van der Waals surface area contributed by atoms with Gasteiger partial charge >= 0.3 is 11.8 Å². The van der Waals surface area contributed by atoms with Crippen LogP contribution < -0.4 is 4.90 Å². The van der Waals surface area contributed by atoms with Crippen LogP contribution in [-0.4, -0.2) is 60.9 Å². The number of halogens is 1.